The summed E-state index contributed by atoms with van der Waals surface area (Å²) in [4.78, 5) is 14.5. The summed E-state index contributed by atoms with van der Waals surface area (Å²) >= 11 is 0. The quantitative estimate of drug-likeness (QED) is 0.500. The molecule has 4 heteroatoms. The first-order chi connectivity index (χ1) is 14.4. The summed E-state index contributed by atoms with van der Waals surface area (Å²) in [6, 6.07) is 17.4. The number of aromatic amines is 1. The molecular weight excluding hydrogens is 356 g/mol. The Balaban J connectivity index is 0.000000994. The lowest BCUT2D eigenvalue weighted by Crippen LogP contribution is -2.22. The lowest BCUT2D eigenvalue weighted by molar-refractivity contribution is 0.262. The second-order valence-electron chi connectivity index (χ2n) is 7.27. The molecule has 4 nitrogen and oxygen atoms in total. The highest BCUT2D eigenvalue weighted by atomic mass is 15.1. The normalized spacial score (nSPS) is 14.0. The van der Waals surface area contributed by atoms with Crippen LogP contribution in [0.1, 0.15) is 37.1 Å². The third-order valence-corrected chi connectivity index (χ3v) is 5.42. The number of H-pyrrole nitrogens is 1. The van der Waals surface area contributed by atoms with Crippen molar-refractivity contribution >= 4 is 10.9 Å². The van der Waals surface area contributed by atoms with Crippen LogP contribution in [0.5, 0.6) is 0 Å². The molecule has 0 fully saturated rings. The lowest BCUT2D eigenvalue weighted by Gasteiger charge is -2.20. The van der Waals surface area contributed by atoms with Crippen molar-refractivity contribution in [2.45, 2.75) is 39.8 Å². The molecule has 5 rings (SSSR count). The summed E-state index contributed by atoms with van der Waals surface area (Å²) in [6.45, 7) is 7.11. The number of aromatic nitrogens is 3. The van der Waals surface area contributed by atoms with Gasteiger partial charge in [-0.15, -0.1) is 0 Å². The zero-order chi connectivity index (χ0) is 20.1. The average Bonchev–Trinajstić information content (AvgIpc) is 3.00. The molecule has 2 aromatic heterocycles. The first-order valence-corrected chi connectivity index (χ1v) is 10.5. The number of nitrogens with zero attached hydrogens (tertiary/aromatic N) is 3. The van der Waals surface area contributed by atoms with E-state index in [1.165, 1.54) is 39.7 Å². The summed E-state index contributed by atoms with van der Waals surface area (Å²) < 4.78 is 0. The van der Waals surface area contributed by atoms with Crippen molar-refractivity contribution in [3.05, 3.63) is 84.1 Å². The molecular formula is C25H28N4. The van der Waals surface area contributed by atoms with Crippen molar-refractivity contribution in [3.8, 4) is 11.1 Å². The molecule has 1 aliphatic rings. The van der Waals surface area contributed by atoms with Gasteiger partial charge in [-0.25, -0.2) is 9.97 Å². The van der Waals surface area contributed by atoms with Crippen LogP contribution in [0.2, 0.25) is 0 Å². The average molecular weight is 385 g/mol. The highest BCUT2D eigenvalue weighted by Gasteiger charge is 2.19. The molecule has 4 aromatic rings. The van der Waals surface area contributed by atoms with Gasteiger partial charge in [0.05, 0.1) is 0 Å². The van der Waals surface area contributed by atoms with Crippen LogP contribution in [0.4, 0.5) is 0 Å². The van der Waals surface area contributed by atoms with Gasteiger partial charge < -0.3 is 4.98 Å². The first kappa shape index (κ1) is 19.3. The number of hydrogen-bond donors (Lipinski definition) is 1. The van der Waals surface area contributed by atoms with Gasteiger partial charge in [-0.3, -0.25) is 4.90 Å². The van der Waals surface area contributed by atoms with Crippen molar-refractivity contribution in [1.82, 2.24) is 19.9 Å². The number of aryl methyl sites for hydroxylation is 1. The van der Waals surface area contributed by atoms with Crippen molar-refractivity contribution in [2.24, 2.45) is 0 Å². The predicted octanol–water partition coefficient (Wildman–Crippen LogP) is 5.60. The van der Waals surface area contributed by atoms with E-state index >= 15 is 0 Å². The summed E-state index contributed by atoms with van der Waals surface area (Å²) in [5.41, 5.74) is 7.66. The highest BCUT2D eigenvalue weighted by molar-refractivity contribution is 5.89. The number of rotatable bonds is 3. The van der Waals surface area contributed by atoms with E-state index in [2.05, 4.69) is 68.4 Å². The molecule has 0 unspecified atom stereocenters. The Morgan fingerprint density at radius 3 is 2.55 bits per heavy atom. The van der Waals surface area contributed by atoms with Crippen molar-refractivity contribution in [2.75, 3.05) is 6.54 Å². The van der Waals surface area contributed by atoms with Crippen molar-refractivity contribution in [1.29, 1.82) is 0 Å². The molecule has 0 bridgehead atoms. The molecule has 0 amide bonds. The van der Waals surface area contributed by atoms with E-state index in [1.807, 2.05) is 26.2 Å². The van der Waals surface area contributed by atoms with Crippen LogP contribution in [0.15, 0.2) is 67.3 Å². The van der Waals surface area contributed by atoms with Crippen LogP contribution in [0.25, 0.3) is 22.0 Å². The standard InChI is InChI=1S/C23H22N4.C2H6/c1-2-5-17(6-3-1)14-27-10-4-7-22-21(15-27)20-11-18(8-9-23(20)26-22)19-12-24-16-25-13-19;1-2/h1-3,5-6,8-9,11-13,16,26H,4,7,10,14-15H2;1-2H3. The monoisotopic (exact) mass is 384 g/mol. The molecule has 148 valence electrons. The van der Waals surface area contributed by atoms with E-state index in [-0.39, 0.29) is 0 Å². The molecule has 0 atom stereocenters. The summed E-state index contributed by atoms with van der Waals surface area (Å²) in [6.07, 6.45) is 7.62. The number of nitrogens with one attached hydrogen (secondary N) is 1. The maximum atomic E-state index is 4.16. The maximum absolute atomic E-state index is 4.16. The van der Waals surface area contributed by atoms with Crippen LogP contribution in [0, 0.1) is 0 Å². The molecule has 1 aliphatic heterocycles. The molecule has 2 aromatic carbocycles. The van der Waals surface area contributed by atoms with Crippen LogP contribution in [-0.2, 0) is 19.5 Å². The fourth-order valence-electron chi connectivity index (χ4n) is 4.08. The van der Waals surface area contributed by atoms with Gasteiger partial charge in [0.25, 0.3) is 0 Å². The Morgan fingerprint density at radius 1 is 0.966 bits per heavy atom. The van der Waals surface area contributed by atoms with Crippen molar-refractivity contribution < 1.29 is 0 Å². The van der Waals surface area contributed by atoms with E-state index in [0.717, 1.165) is 31.6 Å². The number of hydrogen-bond acceptors (Lipinski definition) is 3. The Bertz CT molecular complexity index is 1050. The second-order valence-corrected chi connectivity index (χ2v) is 7.27. The van der Waals surface area contributed by atoms with E-state index < -0.39 is 0 Å². The molecule has 29 heavy (non-hydrogen) atoms. The van der Waals surface area contributed by atoms with Gasteiger partial charge >= 0.3 is 0 Å². The van der Waals surface area contributed by atoms with Crippen LogP contribution >= 0.6 is 0 Å². The van der Waals surface area contributed by atoms with Gasteiger partial charge in [0.2, 0.25) is 0 Å². The highest BCUT2D eigenvalue weighted by Crippen LogP contribution is 2.31. The fraction of sp³-hybridized carbons (Fsp3) is 0.280. The number of fused-ring (bicyclic) bond motifs is 3. The zero-order valence-electron chi connectivity index (χ0n) is 17.2. The molecule has 3 heterocycles. The Kier molecular flexibility index (Phi) is 6.01. The summed E-state index contributed by atoms with van der Waals surface area (Å²) in [7, 11) is 0. The third kappa shape index (κ3) is 4.22. The number of benzene rings is 2. The topological polar surface area (TPSA) is 44.8 Å². The minimum atomic E-state index is 0.985. The fourth-order valence-corrected chi connectivity index (χ4v) is 4.08. The minimum absolute atomic E-state index is 0.985. The largest absolute Gasteiger partial charge is 0.358 e. The molecule has 1 N–H and O–H groups in total. The maximum Gasteiger partial charge on any atom is 0.115 e. The summed E-state index contributed by atoms with van der Waals surface area (Å²) in [5.74, 6) is 0. The first-order valence-electron chi connectivity index (χ1n) is 10.5. The SMILES string of the molecule is CC.c1ccc(CN2CCCc3[nH]c4ccc(-c5cncnc5)cc4c3C2)cc1. The lowest BCUT2D eigenvalue weighted by atomic mass is 10.0. The van der Waals surface area contributed by atoms with Crippen molar-refractivity contribution in [3.63, 3.8) is 0 Å². The Morgan fingerprint density at radius 2 is 1.76 bits per heavy atom. The van der Waals surface area contributed by atoms with Crippen LogP contribution in [0.3, 0.4) is 0 Å². The molecule has 0 saturated heterocycles. The van der Waals surface area contributed by atoms with E-state index in [9.17, 15) is 0 Å². The Labute approximate surface area is 172 Å². The second kappa shape index (κ2) is 9.01. The van der Waals surface area contributed by atoms with E-state index in [4.69, 9.17) is 0 Å². The molecule has 0 radical (unpaired) electrons. The van der Waals surface area contributed by atoms with Gasteiger partial charge in [0.15, 0.2) is 0 Å². The molecule has 0 aliphatic carbocycles. The van der Waals surface area contributed by atoms with Crippen LogP contribution < -0.4 is 0 Å². The molecule has 0 spiro atoms. The molecule has 0 saturated carbocycles. The van der Waals surface area contributed by atoms with Gasteiger partial charge in [-0.2, -0.15) is 0 Å². The van der Waals surface area contributed by atoms with Gasteiger partial charge in [0.1, 0.15) is 6.33 Å². The smallest absolute Gasteiger partial charge is 0.115 e. The third-order valence-electron chi connectivity index (χ3n) is 5.42. The zero-order valence-corrected chi connectivity index (χ0v) is 17.2. The van der Waals surface area contributed by atoms with Gasteiger partial charge in [-0.1, -0.05) is 50.2 Å². The van der Waals surface area contributed by atoms with Gasteiger partial charge in [0, 0.05) is 47.6 Å². The van der Waals surface area contributed by atoms with Gasteiger partial charge in [-0.05, 0) is 48.2 Å². The van der Waals surface area contributed by atoms with E-state index in [1.54, 1.807) is 6.33 Å². The predicted molar refractivity (Wildman–Crippen MR) is 120 cm³/mol. The van der Waals surface area contributed by atoms with E-state index in [0.29, 0.717) is 0 Å². The van der Waals surface area contributed by atoms with Crippen LogP contribution in [-0.4, -0.2) is 26.4 Å². The Hall–Kier alpha value is -2.98. The minimum Gasteiger partial charge on any atom is -0.358 e. The summed E-state index contributed by atoms with van der Waals surface area (Å²) in [5, 5.41) is 1.33.